The number of nitrogens with one attached hydrogen (secondary N) is 1. The Balaban J connectivity index is 1.64. The van der Waals surface area contributed by atoms with Crippen LogP contribution in [0, 0.1) is 11.3 Å². The summed E-state index contributed by atoms with van der Waals surface area (Å²) in [5, 5.41) is 12.8. The third kappa shape index (κ3) is 3.97. The summed E-state index contributed by atoms with van der Waals surface area (Å²) in [6, 6.07) is 13.2. The quantitative estimate of drug-likeness (QED) is 0.567. The third-order valence-corrected chi connectivity index (χ3v) is 4.70. The Morgan fingerprint density at radius 3 is 3.13 bits per heavy atom. The molecule has 1 N–H and O–H groups in total. The second kappa shape index (κ2) is 7.09. The van der Waals surface area contributed by atoms with E-state index in [0.717, 1.165) is 14.6 Å². The Morgan fingerprint density at radius 1 is 1.43 bits per heavy atom. The van der Waals surface area contributed by atoms with Crippen molar-refractivity contribution in [3.63, 3.8) is 0 Å². The molecule has 3 rings (SSSR count). The topological polar surface area (TPSA) is 91.3 Å². The number of furan rings is 1. The number of carbonyl (C=O) groups is 1. The molecule has 23 heavy (non-hydrogen) atoms. The van der Waals surface area contributed by atoms with Crippen LogP contribution in [0.5, 0.6) is 0 Å². The number of nitriles is 1. The molecule has 0 bridgehead atoms. The number of fused-ring (bicyclic) bond motifs is 1. The minimum atomic E-state index is -0.459. The molecule has 0 aliphatic heterocycles. The predicted octanol–water partition coefficient (Wildman–Crippen LogP) is 3.40. The highest BCUT2D eigenvalue weighted by Gasteiger charge is 2.08. The Kier molecular flexibility index (Phi) is 4.71. The number of carbonyl (C=O) groups excluding carboxylic acids is 1. The number of hydrazone groups is 1. The first kappa shape index (κ1) is 15.3. The van der Waals surface area contributed by atoms with Crippen molar-refractivity contribution in [2.24, 2.45) is 5.10 Å². The zero-order valence-electron chi connectivity index (χ0n) is 11.7. The van der Waals surface area contributed by atoms with Gasteiger partial charge in [0.2, 0.25) is 0 Å². The minimum Gasteiger partial charge on any atom is -0.448 e. The lowest BCUT2D eigenvalue weighted by molar-refractivity contribution is -0.120. The molecular formula is C15H10N4O2S2. The summed E-state index contributed by atoms with van der Waals surface area (Å²) in [7, 11) is 0. The lowest BCUT2D eigenvalue weighted by Gasteiger charge is -1.92. The fraction of sp³-hybridized carbons (Fsp3) is 0.0667. The van der Waals surface area contributed by atoms with Gasteiger partial charge in [-0.25, -0.2) is 10.4 Å². The molecule has 8 heteroatoms. The summed E-state index contributed by atoms with van der Waals surface area (Å²) in [5.74, 6) is 0.0465. The zero-order valence-corrected chi connectivity index (χ0v) is 13.4. The second-order valence-corrected chi connectivity index (χ2v) is 6.62. The highest BCUT2D eigenvalue weighted by molar-refractivity contribution is 8.01. The molecule has 1 amide bonds. The van der Waals surface area contributed by atoms with Gasteiger partial charge in [0, 0.05) is 0 Å². The Bertz CT molecular complexity index is 874. The van der Waals surface area contributed by atoms with E-state index < -0.39 is 5.91 Å². The van der Waals surface area contributed by atoms with Crippen molar-refractivity contribution < 1.29 is 9.21 Å². The summed E-state index contributed by atoms with van der Waals surface area (Å²) in [5.41, 5.74) is 3.21. The number of rotatable bonds is 5. The minimum absolute atomic E-state index is 0.228. The van der Waals surface area contributed by atoms with Gasteiger partial charge in [-0.15, -0.1) is 11.3 Å². The van der Waals surface area contributed by atoms with Gasteiger partial charge in [-0.3, -0.25) is 4.79 Å². The van der Waals surface area contributed by atoms with E-state index in [1.807, 2.05) is 30.3 Å². The molecule has 1 aromatic carbocycles. The highest BCUT2D eigenvalue weighted by atomic mass is 32.2. The molecule has 114 valence electrons. The first-order valence-electron chi connectivity index (χ1n) is 6.57. The van der Waals surface area contributed by atoms with Crippen molar-refractivity contribution in [1.29, 1.82) is 5.26 Å². The van der Waals surface area contributed by atoms with Crippen LogP contribution in [0.15, 0.2) is 55.3 Å². The lowest BCUT2D eigenvalue weighted by Crippen LogP contribution is -2.15. The number of hydrogen-bond donors (Lipinski definition) is 1. The van der Waals surface area contributed by atoms with Gasteiger partial charge in [-0.2, -0.15) is 10.4 Å². The maximum absolute atomic E-state index is 11.1. The van der Waals surface area contributed by atoms with Gasteiger partial charge in [0.15, 0.2) is 9.43 Å². The van der Waals surface area contributed by atoms with Crippen LogP contribution < -0.4 is 5.43 Å². The van der Waals surface area contributed by atoms with Crippen LogP contribution in [0.25, 0.3) is 10.2 Å². The Hall–Kier alpha value is -2.63. The van der Waals surface area contributed by atoms with Crippen molar-refractivity contribution in [2.45, 2.75) is 15.9 Å². The monoisotopic (exact) mass is 342 g/mol. The molecule has 3 aromatic rings. The van der Waals surface area contributed by atoms with Gasteiger partial charge < -0.3 is 4.42 Å². The molecule has 0 unspecified atom stereocenters. The van der Waals surface area contributed by atoms with Crippen LogP contribution in [-0.4, -0.2) is 17.1 Å². The molecular weight excluding hydrogens is 332 g/mol. The van der Waals surface area contributed by atoms with E-state index in [-0.39, 0.29) is 6.42 Å². The van der Waals surface area contributed by atoms with Crippen molar-refractivity contribution >= 4 is 45.4 Å². The van der Waals surface area contributed by atoms with E-state index in [4.69, 9.17) is 9.68 Å². The van der Waals surface area contributed by atoms with E-state index in [1.54, 1.807) is 23.5 Å². The largest absolute Gasteiger partial charge is 0.448 e. The van der Waals surface area contributed by atoms with E-state index in [2.05, 4.69) is 15.5 Å². The summed E-state index contributed by atoms with van der Waals surface area (Å²) >= 11 is 3.03. The maximum Gasteiger partial charge on any atom is 0.254 e. The molecule has 0 fully saturated rings. The summed E-state index contributed by atoms with van der Waals surface area (Å²) in [4.78, 5) is 15.6. The average molecular weight is 342 g/mol. The van der Waals surface area contributed by atoms with E-state index >= 15 is 0 Å². The number of hydrogen-bond acceptors (Lipinski definition) is 7. The number of thiazole rings is 1. The number of amides is 1. The molecule has 2 aromatic heterocycles. The van der Waals surface area contributed by atoms with Gasteiger partial charge >= 0.3 is 0 Å². The van der Waals surface area contributed by atoms with E-state index in [1.165, 1.54) is 18.0 Å². The molecule has 0 spiro atoms. The third-order valence-electron chi connectivity index (χ3n) is 2.68. The van der Waals surface area contributed by atoms with Gasteiger partial charge in [0.1, 0.15) is 12.2 Å². The van der Waals surface area contributed by atoms with Gasteiger partial charge in [0.05, 0.1) is 22.5 Å². The predicted molar refractivity (Wildman–Crippen MR) is 88.4 cm³/mol. The van der Waals surface area contributed by atoms with Crippen molar-refractivity contribution in [2.75, 3.05) is 0 Å². The van der Waals surface area contributed by atoms with Crippen LogP contribution in [0.2, 0.25) is 0 Å². The van der Waals surface area contributed by atoms with Gasteiger partial charge in [-0.05, 0) is 36.0 Å². The van der Waals surface area contributed by atoms with E-state index in [0.29, 0.717) is 10.9 Å². The number of aromatic nitrogens is 1. The maximum atomic E-state index is 11.1. The smallest absolute Gasteiger partial charge is 0.254 e. The molecule has 0 aliphatic carbocycles. The first-order chi connectivity index (χ1) is 11.2. The fourth-order valence-electron chi connectivity index (χ4n) is 1.72. The zero-order chi connectivity index (χ0) is 16.1. The van der Waals surface area contributed by atoms with Crippen LogP contribution >= 0.6 is 23.1 Å². The summed E-state index contributed by atoms with van der Waals surface area (Å²) in [6.07, 6.45) is 1.16. The average Bonchev–Trinajstić information content (AvgIpc) is 3.14. The Morgan fingerprint density at radius 2 is 2.30 bits per heavy atom. The van der Waals surface area contributed by atoms with Crippen LogP contribution in [0.1, 0.15) is 12.2 Å². The highest BCUT2D eigenvalue weighted by Crippen LogP contribution is 2.34. The molecule has 0 atom stereocenters. The molecule has 0 aliphatic rings. The van der Waals surface area contributed by atoms with Crippen molar-refractivity contribution in [3.8, 4) is 6.07 Å². The molecule has 0 saturated carbocycles. The molecule has 0 radical (unpaired) electrons. The van der Waals surface area contributed by atoms with Crippen LogP contribution in [0.4, 0.5) is 0 Å². The summed E-state index contributed by atoms with van der Waals surface area (Å²) in [6.45, 7) is 0. The van der Waals surface area contributed by atoms with Gasteiger partial charge in [0.25, 0.3) is 5.91 Å². The van der Waals surface area contributed by atoms with Crippen LogP contribution in [-0.2, 0) is 4.79 Å². The Labute approximate surface area is 139 Å². The normalized spacial score (nSPS) is 10.9. The SMILES string of the molecule is N#CCC(=O)N/N=C\c1ccc(Sc2nc3ccccc3s2)o1. The molecule has 0 saturated heterocycles. The lowest BCUT2D eigenvalue weighted by atomic mass is 10.3. The van der Waals surface area contributed by atoms with Crippen LogP contribution in [0.3, 0.4) is 0 Å². The molecule has 2 heterocycles. The fourth-order valence-corrected chi connectivity index (χ4v) is 3.69. The number of para-hydroxylation sites is 1. The number of benzene rings is 1. The van der Waals surface area contributed by atoms with E-state index in [9.17, 15) is 4.79 Å². The standard InChI is InChI=1S/C15H10N4O2S2/c16-8-7-13(20)19-17-9-10-5-6-14(21-10)23-15-18-11-3-1-2-4-12(11)22-15/h1-6,9H,7H2,(H,19,20)/b17-9-. The molecule has 6 nitrogen and oxygen atoms in total. The number of nitrogens with zero attached hydrogens (tertiary/aromatic N) is 3. The first-order valence-corrected chi connectivity index (χ1v) is 8.20. The second-order valence-electron chi connectivity index (χ2n) is 4.33. The summed E-state index contributed by atoms with van der Waals surface area (Å²) < 4.78 is 7.61. The van der Waals surface area contributed by atoms with Crippen molar-refractivity contribution in [3.05, 3.63) is 42.2 Å². The van der Waals surface area contributed by atoms with Crippen molar-refractivity contribution in [1.82, 2.24) is 10.4 Å². The van der Waals surface area contributed by atoms with Gasteiger partial charge in [-0.1, -0.05) is 12.1 Å².